The van der Waals surface area contributed by atoms with Crippen LogP contribution in [-0.4, -0.2) is 63.4 Å². The Morgan fingerprint density at radius 1 is 1.02 bits per heavy atom. The first-order chi connectivity index (χ1) is 21.9. The largest absolute Gasteiger partial charge is 0.357 e. The zero-order chi connectivity index (χ0) is 31.1. The van der Waals surface area contributed by atoms with Gasteiger partial charge in [0.2, 0.25) is 5.91 Å². The molecule has 0 radical (unpaired) electrons. The van der Waals surface area contributed by atoms with E-state index in [1.54, 1.807) is 12.1 Å². The van der Waals surface area contributed by atoms with Crippen LogP contribution in [0.15, 0.2) is 60.9 Å². The number of aryl methyl sites for hydroxylation is 1. The first-order valence-corrected chi connectivity index (χ1v) is 16.2. The fourth-order valence-electron chi connectivity index (χ4n) is 6.16. The van der Waals surface area contributed by atoms with E-state index in [1.807, 2.05) is 29.1 Å². The van der Waals surface area contributed by atoms with Gasteiger partial charge in [-0.25, -0.2) is 19.3 Å². The number of carbonyl (C=O) groups is 1. The van der Waals surface area contributed by atoms with Gasteiger partial charge in [-0.3, -0.25) is 9.20 Å². The van der Waals surface area contributed by atoms with Gasteiger partial charge in [-0.2, -0.15) is 5.26 Å². The predicted octanol–water partition coefficient (Wildman–Crippen LogP) is 6.31. The molecule has 11 heteroatoms. The molecule has 5 aromatic rings. The molecule has 0 spiro atoms. The van der Waals surface area contributed by atoms with Crippen LogP contribution in [0.1, 0.15) is 36.8 Å². The van der Waals surface area contributed by atoms with Gasteiger partial charge in [0.1, 0.15) is 39.7 Å². The number of nitrogens with zero attached hydrogens (tertiary/aromatic N) is 8. The Kier molecular flexibility index (Phi) is 7.67. The van der Waals surface area contributed by atoms with E-state index in [9.17, 15) is 14.4 Å². The molecule has 228 valence electrons. The molecule has 2 aliphatic heterocycles. The number of rotatable bonds is 7. The second-order valence-corrected chi connectivity index (χ2v) is 12.6. The monoisotopic (exact) mass is 620 g/mol. The van der Waals surface area contributed by atoms with Crippen LogP contribution in [0.2, 0.25) is 0 Å². The molecule has 4 aromatic heterocycles. The van der Waals surface area contributed by atoms with Crippen molar-refractivity contribution in [3.63, 3.8) is 0 Å². The lowest BCUT2D eigenvalue weighted by Gasteiger charge is -2.38. The highest BCUT2D eigenvalue weighted by molar-refractivity contribution is 7.16. The van der Waals surface area contributed by atoms with Gasteiger partial charge in [-0.1, -0.05) is 18.3 Å². The maximum atomic E-state index is 13.5. The number of benzene rings is 1. The number of pyridine rings is 2. The van der Waals surface area contributed by atoms with Gasteiger partial charge in [0.05, 0.1) is 5.69 Å². The Hall–Kier alpha value is -4.82. The Labute approximate surface area is 265 Å². The maximum Gasteiger partial charge on any atom is 0.225 e. The number of fused-ring (bicyclic) bond motifs is 1. The highest BCUT2D eigenvalue weighted by Gasteiger charge is 2.31. The van der Waals surface area contributed by atoms with Crippen molar-refractivity contribution in [1.29, 1.82) is 5.26 Å². The number of aromatic nitrogens is 4. The Morgan fingerprint density at radius 2 is 1.76 bits per heavy atom. The minimum atomic E-state index is -0.334. The topological polar surface area (TPSA) is 93.7 Å². The van der Waals surface area contributed by atoms with Crippen molar-refractivity contribution in [2.24, 2.45) is 5.92 Å². The van der Waals surface area contributed by atoms with Crippen LogP contribution in [0, 0.1) is 23.1 Å². The van der Waals surface area contributed by atoms with E-state index in [2.05, 4.69) is 46.7 Å². The van der Waals surface area contributed by atoms with Crippen molar-refractivity contribution in [3.05, 3.63) is 77.3 Å². The summed E-state index contributed by atoms with van der Waals surface area (Å²) in [6.45, 7) is 5.56. The maximum absolute atomic E-state index is 13.5. The lowest BCUT2D eigenvalue weighted by Crippen LogP contribution is -2.48. The molecule has 0 aliphatic carbocycles. The third kappa shape index (κ3) is 5.40. The number of thiazole rings is 1. The molecule has 2 saturated heterocycles. The first-order valence-electron chi connectivity index (χ1n) is 15.3. The molecule has 45 heavy (non-hydrogen) atoms. The van der Waals surface area contributed by atoms with Gasteiger partial charge in [0, 0.05) is 68.2 Å². The van der Waals surface area contributed by atoms with Gasteiger partial charge in [0.15, 0.2) is 5.13 Å². The second-order valence-electron chi connectivity index (χ2n) is 11.6. The molecule has 0 unspecified atom stereocenters. The lowest BCUT2D eigenvalue weighted by molar-refractivity contribution is -0.139. The standard InChI is InChI=1S/C34H33FN8OS/c1-3-27-32(40(2)34-39-31(28(19-36)45-34)22-5-9-26(35)10-6-22)43-21-25(8-12-30(43)38-27)24-7-11-29(37-20-24)41-17-13-23(14-18-41)33(44)42-15-4-16-42/h5-12,20-21,23H,3-4,13-18H2,1-2H3. The third-order valence-corrected chi connectivity index (χ3v) is 9.89. The van der Waals surface area contributed by atoms with Crippen LogP contribution in [0.5, 0.6) is 0 Å². The van der Waals surface area contributed by atoms with E-state index in [-0.39, 0.29) is 11.7 Å². The number of piperidine rings is 1. The highest BCUT2D eigenvalue weighted by Crippen LogP contribution is 2.37. The minimum Gasteiger partial charge on any atom is -0.357 e. The summed E-state index contributed by atoms with van der Waals surface area (Å²) in [5.41, 5.74) is 4.95. The number of anilines is 3. The minimum absolute atomic E-state index is 0.133. The molecule has 0 N–H and O–H groups in total. The van der Waals surface area contributed by atoms with E-state index in [1.165, 1.54) is 23.5 Å². The smallest absolute Gasteiger partial charge is 0.225 e. The van der Waals surface area contributed by atoms with E-state index in [4.69, 9.17) is 15.0 Å². The van der Waals surface area contributed by atoms with E-state index < -0.39 is 0 Å². The summed E-state index contributed by atoms with van der Waals surface area (Å²) < 4.78 is 15.6. The molecule has 1 aromatic carbocycles. The molecule has 9 nitrogen and oxygen atoms in total. The number of hydrogen-bond acceptors (Lipinski definition) is 8. The molecule has 6 heterocycles. The molecule has 7 rings (SSSR count). The van der Waals surface area contributed by atoms with Gasteiger partial charge in [0.25, 0.3) is 0 Å². The zero-order valence-corrected chi connectivity index (χ0v) is 26.1. The molecule has 0 bridgehead atoms. The van der Waals surface area contributed by atoms with Crippen LogP contribution in [0.25, 0.3) is 28.0 Å². The summed E-state index contributed by atoms with van der Waals surface area (Å²) in [7, 11) is 1.93. The summed E-state index contributed by atoms with van der Waals surface area (Å²) in [5, 5.41) is 10.5. The number of carbonyl (C=O) groups excluding carboxylic acids is 1. The normalized spacial score (nSPS) is 15.2. The van der Waals surface area contributed by atoms with Gasteiger partial charge in [-0.15, -0.1) is 0 Å². The van der Waals surface area contributed by atoms with Crippen molar-refractivity contribution in [1.82, 2.24) is 24.3 Å². The summed E-state index contributed by atoms with van der Waals surface area (Å²) >= 11 is 1.30. The molecule has 0 atom stereocenters. The lowest BCUT2D eigenvalue weighted by atomic mass is 9.94. The Bertz CT molecular complexity index is 1900. The zero-order valence-electron chi connectivity index (χ0n) is 25.3. The summed E-state index contributed by atoms with van der Waals surface area (Å²) in [6.07, 6.45) is 7.55. The SMILES string of the molecule is CCc1nc2ccc(-c3ccc(N4CCC(C(=O)N5CCC5)CC4)nc3)cn2c1N(C)c1nc(-c2ccc(F)cc2)c(C#N)s1. The van der Waals surface area contributed by atoms with Crippen LogP contribution >= 0.6 is 11.3 Å². The Morgan fingerprint density at radius 3 is 2.40 bits per heavy atom. The number of nitriles is 1. The average molecular weight is 621 g/mol. The van der Waals surface area contributed by atoms with Crippen molar-refractivity contribution in [2.45, 2.75) is 32.6 Å². The van der Waals surface area contributed by atoms with Gasteiger partial charge >= 0.3 is 0 Å². The van der Waals surface area contributed by atoms with Gasteiger partial charge < -0.3 is 14.7 Å². The molecule has 0 saturated carbocycles. The van der Waals surface area contributed by atoms with Crippen LogP contribution in [-0.2, 0) is 11.2 Å². The highest BCUT2D eigenvalue weighted by atomic mass is 32.1. The molecular formula is C34H33FN8OS. The van der Waals surface area contributed by atoms with E-state index in [0.717, 1.165) is 79.5 Å². The van der Waals surface area contributed by atoms with Crippen molar-refractivity contribution < 1.29 is 9.18 Å². The van der Waals surface area contributed by atoms with Crippen LogP contribution in [0.3, 0.4) is 0 Å². The quantitative estimate of drug-likeness (QED) is 0.211. The number of amides is 1. The number of hydrogen-bond donors (Lipinski definition) is 0. The predicted molar refractivity (Wildman–Crippen MR) is 174 cm³/mol. The number of imidazole rings is 1. The number of halogens is 1. The molecule has 2 aliphatic rings. The second kappa shape index (κ2) is 11.9. The molecular weight excluding hydrogens is 587 g/mol. The van der Waals surface area contributed by atoms with Crippen LogP contribution < -0.4 is 9.80 Å². The van der Waals surface area contributed by atoms with E-state index in [0.29, 0.717) is 33.6 Å². The van der Waals surface area contributed by atoms with E-state index >= 15 is 0 Å². The van der Waals surface area contributed by atoms with Crippen molar-refractivity contribution in [3.8, 4) is 28.5 Å². The fraction of sp³-hybridized carbons (Fsp3) is 0.324. The van der Waals surface area contributed by atoms with Crippen LogP contribution in [0.4, 0.5) is 21.2 Å². The Balaban J connectivity index is 1.14. The summed E-state index contributed by atoms with van der Waals surface area (Å²) in [5.74, 6) is 1.93. The van der Waals surface area contributed by atoms with Crippen molar-refractivity contribution >= 4 is 39.7 Å². The number of likely N-dealkylation sites (tertiary alicyclic amines) is 1. The summed E-state index contributed by atoms with van der Waals surface area (Å²) in [6, 6.07) is 16.5. The summed E-state index contributed by atoms with van der Waals surface area (Å²) in [4.78, 5) is 33.8. The molecule has 2 fully saturated rings. The average Bonchev–Trinajstić information content (AvgIpc) is 3.66. The fourth-order valence-corrected chi connectivity index (χ4v) is 7.01. The van der Waals surface area contributed by atoms with Gasteiger partial charge in [-0.05, 0) is 74.2 Å². The van der Waals surface area contributed by atoms with Crippen molar-refractivity contribution in [2.75, 3.05) is 43.0 Å². The third-order valence-electron chi connectivity index (χ3n) is 8.85. The first kappa shape index (κ1) is 28.9. The molecule has 1 amide bonds.